The lowest BCUT2D eigenvalue weighted by molar-refractivity contribution is 0.0876. The largest absolute Gasteiger partial charge is 0.335 e. The zero-order chi connectivity index (χ0) is 19.3. The SMILES string of the molecule is Cc1cc(Nc2ncnc3ccccc23)c(=O)n2c1C(=O)NC21CCCCC1. The van der Waals surface area contributed by atoms with Gasteiger partial charge in [0.05, 0.1) is 5.52 Å². The van der Waals surface area contributed by atoms with Gasteiger partial charge in [0, 0.05) is 5.39 Å². The van der Waals surface area contributed by atoms with Crippen LogP contribution < -0.4 is 16.2 Å². The van der Waals surface area contributed by atoms with E-state index < -0.39 is 5.66 Å². The molecule has 0 radical (unpaired) electrons. The van der Waals surface area contributed by atoms with Gasteiger partial charge in [-0.1, -0.05) is 18.6 Å². The van der Waals surface area contributed by atoms with Crippen molar-refractivity contribution in [1.82, 2.24) is 19.9 Å². The zero-order valence-corrected chi connectivity index (χ0v) is 15.7. The number of nitrogens with zero attached hydrogens (tertiary/aromatic N) is 3. The van der Waals surface area contributed by atoms with E-state index in [0.29, 0.717) is 17.2 Å². The Morgan fingerprint density at radius 2 is 1.89 bits per heavy atom. The van der Waals surface area contributed by atoms with Crippen molar-refractivity contribution >= 4 is 28.3 Å². The minimum Gasteiger partial charge on any atom is -0.335 e. The second-order valence-electron chi connectivity index (χ2n) is 7.64. The van der Waals surface area contributed by atoms with Gasteiger partial charge >= 0.3 is 0 Å². The number of aryl methyl sites for hydroxylation is 1. The fourth-order valence-electron chi connectivity index (χ4n) is 4.57. The van der Waals surface area contributed by atoms with Gasteiger partial charge in [-0.2, -0.15) is 0 Å². The Kier molecular flexibility index (Phi) is 3.72. The van der Waals surface area contributed by atoms with Crippen LogP contribution in [0.25, 0.3) is 10.9 Å². The number of aromatic nitrogens is 3. The molecule has 28 heavy (non-hydrogen) atoms. The fraction of sp³-hybridized carbons (Fsp3) is 0.333. The van der Waals surface area contributed by atoms with E-state index in [0.717, 1.165) is 48.6 Å². The molecule has 7 heteroatoms. The number of anilines is 2. The van der Waals surface area contributed by atoms with Gasteiger partial charge < -0.3 is 10.6 Å². The molecule has 0 saturated heterocycles. The second-order valence-corrected chi connectivity index (χ2v) is 7.64. The maximum atomic E-state index is 13.4. The molecule has 2 N–H and O–H groups in total. The molecule has 5 rings (SSSR count). The van der Waals surface area contributed by atoms with Crippen LogP contribution in [-0.2, 0) is 5.66 Å². The predicted octanol–water partition coefficient (Wildman–Crippen LogP) is 3.20. The fourth-order valence-corrected chi connectivity index (χ4v) is 4.57. The molecule has 2 aliphatic rings. The van der Waals surface area contributed by atoms with Crippen molar-refractivity contribution in [3.63, 3.8) is 0 Å². The Bertz CT molecular complexity index is 1160. The summed E-state index contributed by atoms with van der Waals surface area (Å²) in [5.41, 5.74) is 1.69. The molecule has 1 amide bonds. The number of hydrogen-bond acceptors (Lipinski definition) is 5. The molecule has 0 atom stereocenters. The average Bonchev–Trinajstić information content (AvgIpc) is 2.98. The third kappa shape index (κ3) is 2.42. The summed E-state index contributed by atoms with van der Waals surface area (Å²) in [6.45, 7) is 1.87. The molecular weight excluding hydrogens is 354 g/mol. The molecule has 3 aromatic rings. The molecule has 1 saturated carbocycles. The van der Waals surface area contributed by atoms with E-state index in [4.69, 9.17) is 0 Å². The predicted molar refractivity (Wildman–Crippen MR) is 107 cm³/mol. The number of para-hydroxylation sites is 1. The molecule has 1 aromatic carbocycles. The zero-order valence-electron chi connectivity index (χ0n) is 15.7. The van der Waals surface area contributed by atoms with E-state index in [1.807, 2.05) is 31.2 Å². The highest BCUT2D eigenvalue weighted by Gasteiger charge is 2.45. The van der Waals surface area contributed by atoms with E-state index in [2.05, 4.69) is 20.6 Å². The van der Waals surface area contributed by atoms with Gasteiger partial charge in [0.15, 0.2) is 0 Å². The van der Waals surface area contributed by atoms with Crippen molar-refractivity contribution in [2.24, 2.45) is 0 Å². The Balaban J connectivity index is 1.66. The lowest BCUT2D eigenvalue weighted by Crippen LogP contribution is -2.48. The van der Waals surface area contributed by atoms with Crippen molar-refractivity contribution in [2.75, 3.05) is 5.32 Å². The van der Waals surface area contributed by atoms with Crippen LogP contribution in [0.2, 0.25) is 0 Å². The molecule has 0 unspecified atom stereocenters. The van der Waals surface area contributed by atoms with Crippen LogP contribution in [0.1, 0.15) is 48.2 Å². The summed E-state index contributed by atoms with van der Waals surface area (Å²) >= 11 is 0. The van der Waals surface area contributed by atoms with Crippen LogP contribution >= 0.6 is 0 Å². The standard InChI is InChI=1S/C21H21N5O2/c1-13-11-16(24-18-14-7-3-4-8-15(14)22-12-23-18)20(28)26-17(13)19(27)25-21(26)9-5-2-6-10-21/h3-4,7-8,11-12H,2,5-6,9-10H2,1H3,(H,25,27)(H,22,23,24). The Hall–Kier alpha value is -3.22. The monoisotopic (exact) mass is 375 g/mol. The van der Waals surface area contributed by atoms with Gasteiger partial charge in [0.1, 0.15) is 29.2 Å². The first-order chi connectivity index (χ1) is 13.6. The van der Waals surface area contributed by atoms with E-state index in [1.165, 1.54) is 6.33 Å². The van der Waals surface area contributed by atoms with Crippen LogP contribution in [0.5, 0.6) is 0 Å². The third-order valence-corrected chi connectivity index (χ3v) is 5.86. The quantitative estimate of drug-likeness (QED) is 0.718. The van der Waals surface area contributed by atoms with Gasteiger partial charge in [-0.05, 0) is 56.4 Å². The van der Waals surface area contributed by atoms with Crippen LogP contribution in [0, 0.1) is 6.92 Å². The van der Waals surface area contributed by atoms with Crippen molar-refractivity contribution in [3.8, 4) is 0 Å². The lowest BCUT2D eigenvalue weighted by atomic mass is 9.89. The molecule has 1 fully saturated rings. The number of hydrogen-bond donors (Lipinski definition) is 2. The van der Waals surface area contributed by atoms with E-state index in [9.17, 15) is 9.59 Å². The minimum absolute atomic E-state index is 0.157. The highest BCUT2D eigenvalue weighted by atomic mass is 16.2. The third-order valence-electron chi connectivity index (χ3n) is 5.86. The Morgan fingerprint density at radius 3 is 2.71 bits per heavy atom. The van der Waals surface area contributed by atoms with Crippen LogP contribution in [-0.4, -0.2) is 20.4 Å². The lowest BCUT2D eigenvalue weighted by Gasteiger charge is -2.35. The highest BCUT2D eigenvalue weighted by molar-refractivity contribution is 5.97. The first-order valence-electron chi connectivity index (χ1n) is 9.65. The molecule has 1 aliphatic heterocycles. The highest BCUT2D eigenvalue weighted by Crippen LogP contribution is 2.37. The second kappa shape index (κ2) is 6.15. The summed E-state index contributed by atoms with van der Waals surface area (Å²) in [6, 6.07) is 9.40. The Morgan fingerprint density at radius 1 is 1.11 bits per heavy atom. The number of carbonyl (C=O) groups excluding carboxylic acids is 1. The summed E-state index contributed by atoms with van der Waals surface area (Å²) < 4.78 is 1.69. The summed E-state index contributed by atoms with van der Waals surface area (Å²) in [4.78, 5) is 34.7. The number of fused-ring (bicyclic) bond motifs is 3. The molecule has 142 valence electrons. The van der Waals surface area contributed by atoms with E-state index in [1.54, 1.807) is 10.6 Å². The first kappa shape index (κ1) is 16.9. The number of carbonyl (C=O) groups is 1. The minimum atomic E-state index is -0.599. The van der Waals surface area contributed by atoms with Gasteiger partial charge in [-0.25, -0.2) is 9.97 Å². The average molecular weight is 375 g/mol. The Labute approximate surface area is 161 Å². The number of amides is 1. The maximum absolute atomic E-state index is 13.4. The van der Waals surface area contributed by atoms with Gasteiger partial charge in [0.2, 0.25) is 0 Å². The molecule has 0 bridgehead atoms. The maximum Gasteiger partial charge on any atom is 0.276 e. The summed E-state index contributed by atoms with van der Waals surface area (Å²) in [6.07, 6.45) is 6.18. The first-order valence-corrected chi connectivity index (χ1v) is 9.65. The number of rotatable bonds is 2. The smallest absolute Gasteiger partial charge is 0.276 e. The summed E-state index contributed by atoms with van der Waals surface area (Å²) in [5, 5.41) is 7.15. The van der Waals surface area contributed by atoms with E-state index in [-0.39, 0.29) is 11.5 Å². The number of pyridine rings is 1. The van der Waals surface area contributed by atoms with Crippen LogP contribution in [0.4, 0.5) is 11.5 Å². The van der Waals surface area contributed by atoms with Crippen molar-refractivity contribution < 1.29 is 4.79 Å². The summed E-state index contributed by atoms with van der Waals surface area (Å²) in [5.74, 6) is 0.424. The number of benzene rings is 1. The molecule has 1 spiro atoms. The normalized spacial score (nSPS) is 17.5. The van der Waals surface area contributed by atoms with Gasteiger partial charge in [0.25, 0.3) is 11.5 Å². The van der Waals surface area contributed by atoms with Gasteiger partial charge in [-0.3, -0.25) is 14.2 Å². The molecular formula is C21H21N5O2. The van der Waals surface area contributed by atoms with Crippen LogP contribution in [0.15, 0.2) is 41.5 Å². The van der Waals surface area contributed by atoms with E-state index >= 15 is 0 Å². The molecule has 1 aliphatic carbocycles. The molecule has 2 aromatic heterocycles. The van der Waals surface area contributed by atoms with Crippen LogP contribution in [0.3, 0.4) is 0 Å². The number of nitrogens with one attached hydrogen (secondary N) is 2. The van der Waals surface area contributed by atoms with Crippen molar-refractivity contribution in [3.05, 3.63) is 58.3 Å². The topological polar surface area (TPSA) is 88.9 Å². The molecule has 7 nitrogen and oxygen atoms in total. The van der Waals surface area contributed by atoms with Crippen molar-refractivity contribution in [2.45, 2.75) is 44.7 Å². The molecule has 3 heterocycles. The van der Waals surface area contributed by atoms with Gasteiger partial charge in [-0.15, -0.1) is 0 Å². The van der Waals surface area contributed by atoms with Crippen molar-refractivity contribution in [1.29, 1.82) is 0 Å². The summed E-state index contributed by atoms with van der Waals surface area (Å²) in [7, 11) is 0.